The van der Waals surface area contributed by atoms with E-state index in [0.29, 0.717) is 13.2 Å². The van der Waals surface area contributed by atoms with Gasteiger partial charge >= 0.3 is 0 Å². The van der Waals surface area contributed by atoms with Crippen molar-refractivity contribution in [3.63, 3.8) is 0 Å². The molecule has 106 valence electrons. The van der Waals surface area contributed by atoms with E-state index in [1.54, 1.807) is 0 Å². The van der Waals surface area contributed by atoms with Crippen LogP contribution in [0.25, 0.3) is 0 Å². The minimum atomic E-state index is -0.426. The molecule has 2 rings (SSSR count). The maximum absolute atomic E-state index is 10.0. The Morgan fingerprint density at radius 2 is 1.79 bits per heavy atom. The van der Waals surface area contributed by atoms with Gasteiger partial charge in [0.2, 0.25) is 0 Å². The summed E-state index contributed by atoms with van der Waals surface area (Å²) in [6.07, 6.45) is -0.426. The van der Waals surface area contributed by atoms with Crippen molar-refractivity contribution < 1.29 is 9.84 Å². The average Bonchev–Trinajstić information content (AvgIpc) is 2.41. The molecule has 0 aliphatic carbocycles. The first kappa shape index (κ1) is 14.3. The van der Waals surface area contributed by atoms with E-state index in [0.717, 1.165) is 31.9 Å². The summed E-state index contributed by atoms with van der Waals surface area (Å²) in [5, 5.41) is 10.0. The molecule has 1 saturated heterocycles. The van der Waals surface area contributed by atoms with E-state index in [1.807, 2.05) is 31.2 Å². The molecule has 0 aromatic heterocycles. The van der Waals surface area contributed by atoms with Crippen LogP contribution in [0.3, 0.4) is 0 Å². The van der Waals surface area contributed by atoms with E-state index in [4.69, 9.17) is 4.74 Å². The molecule has 1 aliphatic rings. The number of β-amino-alcohol motifs (C(OH)–C–C–N with tert-alkyl or cyclic N) is 1. The summed E-state index contributed by atoms with van der Waals surface area (Å²) in [7, 11) is 2.13. The van der Waals surface area contributed by atoms with Crippen LogP contribution in [0.1, 0.15) is 5.56 Å². The van der Waals surface area contributed by atoms with Crippen molar-refractivity contribution in [3.05, 3.63) is 29.8 Å². The van der Waals surface area contributed by atoms with E-state index in [1.165, 1.54) is 5.56 Å². The Morgan fingerprint density at radius 1 is 1.16 bits per heavy atom. The van der Waals surface area contributed by atoms with Gasteiger partial charge in [0.1, 0.15) is 18.5 Å². The normalized spacial score (nSPS) is 19.3. The standard InChI is InChI=1S/C15H24N2O2/c1-13-3-5-15(6-4-13)19-12-14(18)11-17-9-7-16(2)8-10-17/h3-6,14,18H,7-12H2,1-2H3/t14-/m0/s1. The highest BCUT2D eigenvalue weighted by atomic mass is 16.5. The highest BCUT2D eigenvalue weighted by Crippen LogP contribution is 2.11. The van der Waals surface area contributed by atoms with E-state index in [-0.39, 0.29) is 0 Å². The van der Waals surface area contributed by atoms with Gasteiger partial charge in [0.15, 0.2) is 0 Å². The number of likely N-dealkylation sites (N-methyl/N-ethyl adjacent to an activating group) is 1. The van der Waals surface area contributed by atoms with Gasteiger partial charge in [-0.25, -0.2) is 0 Å². The molecule has 1 aromatic rings. The second-order valence-corrected chi connectivity index (χ2v) is 5.38. The van der Waals surface area contributed by atoms with E-state index >= 15 is 0 Å². The lowest BCUT2D eigenvalue weighted by Gasteiger charge is -2.33. The predicted molar refractivity (Wildman–Crippen MR) is 76.6 cm³/mol. The van der Waals surface area contributed by atoms with Gasteiger partial charge in [-0.15, -0.1) is 0 Å². The SMILES string of the molecule is Cc1ccc(OC[C@@H](O)CN2CCN(C)CC2)cc1. The first-order valence-corrected chi connectivity index (χ1v) is 6.92. The van der Waals surface area contributed by atoms with Crippen LogP contribution < -0.4 is 4.74 Å². The number of hydrogen-bond acceptors (Lipinski definition) is 4. The third kappa shape index (κ3) is 4.82. The summed E-state index contributed by atoms with van der Waals surface area (Å²) >= 11 is 0. The van der Waals surface area contributed by atoms with Gasteiger partial charge in [-0.1, -0.05) is 17.7 Å². The summed E-state index contributed by atoms with van der Waals surface area (Å²) in [5.41, 5.74) is 1.21. The average molecular weight is 264 g/mol. The summed E-state index contributed by atoms with van der Waals surface area (Å²) in [6.45, 7) is 7.30. The first-order chi connectivity index (χ1) is 9.13. The Hall–Kier alpha value is -1.10. The van der Waals surface area contributed by atoms with Crippen LogP contribution in [0, 0.1) is 6.92 Å². The maximum Gasteiger partial charge on any atom is 0.119 e. The Morgan fingerprint density at radius 3 is 2.42 bits per heavy atom. The van der Waals surface area contributed by atoms with Gasteiger partial charge in [0.05, 0.1) is 0 Å². The molecule has 0 radical (unpaired) electrons. The van der Waals surface area contributed by atoms with Crippen molar-refractivity contribution in [3.8, 4) is 5.75 Å². The van der Waals surface area contributed by atoms with Gasteiger partial charge in [0, 0.05) is 32.7 Å². The lowest BCUT2D eigenvalue weighted by molar-refractivity contribution is 0.0505. The molecule has 4 heteroatoms. The minimum absolute atomic E-state index is 0.357. The topological polar surface area (TPSA) is 35.9 Å². The molecular formula is C15H24N2O2. The van der Waals surface area contributed by atoms with Gasteiger partial charge in [-0.2, -0.15) is 0 Å². The van der Waals surface area contributed by atoms with Crippen molar-refractivity contribution in [2.24, 2.45) is 0 Å². The fourth-order valence-electron chi connectivity index (χ4n) is 2.21. The summed E-state index contributed by atoms with van der Waals surface area (Å²) in [6, 6.07) is 7.92. The number of ether oxygens (including phenoxy) is 1. The van der Waals surface area contributed by atoms with Crippen molar-refractivity contribution in [1.82, 2.24) is 9.80 Å². The lowest BCUT2D eigenvalue weighted by Crippen LogP contribution is -2.47. The summed E-state index contributed by atoms with van der Waals surface area (Å²) in [4.78, 5) is 4.61. The van der Waals surface area contributed by atoms with Crippen molar-refractivity contribution >= 4 is 0 Å². The zero-order valence-electron chi connectivity index (χ0n) is 11.9. The Kier molecular flexibility index (Phi) is 5.19. The summed E-state index contributed by atoms with van der Waals surface area (Å²) in [5.74, 6) is 0.822. The molecule has 1 fully saturated rings. The van der Waals surface area contributed by atoms with Crippen LogP contribution in [-0.4, -0.2) is 67.4 Å². The number of nitrogens with zero attached hydrogens (tertiary/aromatic N) is 2. The van der Waals surface area contributed by atoms with Crippen LogP contribution >= 0.6 is 0 Å². The lowest BCUT2D eigenvalue weighted by atomic mass is 10.2. The fraction of sp³-hybridized carbons (Fsp3) is 0.600. The van der Waals surface area contributed by atoms with Crippen LogP contribution in [0.2, 0.25) is 0 Å². The number of rotatable bonds is 5. The monoisotopic (exact) mass is 264 g/mol. The van der Waals surface area contributed by atoms with E-state index in [2.05, 4.69) is 16.8 Å². The Balaban J connectivity index is 1.69. The molecule has 0 saturated carbocycles. The third-order valence-corrected chi connectivity index (χ3v) is 3.53. The van der Waals surface area contributed by atoms with E-state index < -0.39 is 6.10 Å². The number of aryl methyl sites for hydroxylation is 1. The predicted octanol–water partition coefficient (Wildman–Crippen LogP) is 0.982. The minimum Gasteiger partial charge on any atom is -0.491 e. The molecule has 1 atom stereocenters. The number of aliphatic hydroxyl groups excluding tert-OH is 1. The van der Waals surface area contributed by atoms with Gasteiger partial charge in [-0.05, 0) is 26.1 Å². The van der Waals surface area contributed by atoms with Crippen LogP contribution in [0.4, 0.5) is 0 Å². The number of benzene rings is 1. The smallest absolute Gasteiger partial charge is 0.119 e. The highest BCUT2D eigenvalue weighted by molar-refractivity contribution is 5.26. The van der Waals surface area contributed by atoms with Gasteiger partial charge < -0.3 is 14.7 Å². The number of hydrogen-bond donors (Lipinski definition) is 1. The van der Waals surface area contributed by atoms with Gasteiger partial charge in [0.25, 0.3) is 0 Å². The molecule has 19 heavy (non-hydrogen) atoms. The van der Waals surface area contributed by atoms with Crippen molar-refractivity contribution in [1.29, 1.82) is 0 Å². The zero-order valence-corrected chi connectivity index (χ0v) is 11.9. The highest BCUT2D eigenvalue weighted by Gasteiger charge is 2.17. The Labute approximate surface area is 115 Å². The molecule has 4 nitrogen and oxygen atoms in total. The van der Waals surface area contributed by atoms with Crippen molar-refractivity contribution in [2.75, 3.05) is 46.4 Å². The first-order valence-electron chi connectivity index (χ1n) is 6.92. The maximum atomic E-state index is 10.0. The second-order valence-electron chi connectivity index (χ2n) is 5.38. The van der Waals surface area contributed by atoms with E-state index in [9.17, 15) is 5.11 Å². The fourth-order valence-corrected chi connectivity index (χ4v) is 2.21. The molecule has 0 amide bonds. The number of piperazine rings is 1. The molecule has 1 aliphatic heterocycles. The summed E-state index contributed by atoms with van der Waals surface area (Å²) < 4.78 is 5.60. The quantitative estimate of drug-likeness (QED) is 0.860. The molecule has 1 aromatic carbocycles. The molecule has 1 heterocycles. The molecule has 0 bridgehead atoms. The van der Waals surface area contributed by atoms with Crippen LogP contribution in [0.15, 0.2) is 24.3 Å². The third-order valence-electron chi connectivity index (χ3n) is 3.53. The molecular weight excluding hydrogens is 240 g/mol. The largest absolute Gasteiger partial charge is 0.491 e. The molecule has 0 unspecified atom stereocenters. The van der Waals surface area contributed by atoms with Gasteiger partial charge in [-0.3, -0.25) is 4.90 Å². The van der Waals surface area contributed by atoms with Crippen molar-refractivity contribution in [2.45, 2.75) is 13.0 Å². The molecule has 1 N–H and O–H groups in total. The molecule has 0 spiro atoms. The second kappa shape index (κ2) is 6.89. The van der Waals surface area contributed by atoms with Crippen LogP contribution in [-0.2, 0) is 0 Å². The zero-order chi connectivity index (χ0) is 13.7. The van der Waals surface area contributed by atoms with Crippen LogP contribution in [0.5, 0.6) is 5.75 Å². The number of aliphatic hydroxyl groups is 1. The Bertz CT molecular complexity index is 372.